The van der Waals surface area contributed by atoms with Crippen molar-refractivity contribution in [3.05, 3.63) is 59.5 Å². The van der Waals surface area contributed by atoms with E-state index >= 15 is 0 Å². The summed E-state index contributed by atoms with van der Waals surface area (Å²) >= 11 is 6.06. The lowest BCUT2D eigenvalue weighted by atomic mass is 10.2. The number of benzene rings is 1. The Hall–Kier alpha value is -3.84. The molecule has 2 N–H and O–H groups in total. The first-order chi connectivity index (χ1) is 17.5. The lowest BCUT2D eigenvalue weighted by Gasteiger charge is -2.37. The molecule has 0 saturated carbocycles. The van der Waals surface area contributed by atoms with Crippen LogP contribution < -0.4 is 14.9 Å². The molecule has 1 aliphatic heterocycles. The van der Waals surface area contributed by atoms with Gasteiger partial charge >= 0.3 is 6.03 Å². The standard InChI is InChI=1S/C23H27ClN8O4S/c1-29(2)23(34)31-8-6-30(7-9-31)20-4-5-21(25-14-20)32-15-16(13-26-32)22(33)27-18-10-17(24)11-19(12-18)28-37(3,35)36/h4-5,10-15,28H,6-9H2,1-3H3,(H,27,33). The van der Waals surface area contributed by atoms with Crippen molar-refractivity contribution < 1.29 is 18.0 Å². The minimum absolute atomic E-state index is 0.00743. The van der Waals surface area contributed by atoms with Gasteiger partial charge in [0.1, 0.15) is 0 Å². The van der Waals surface area contributed by atoms with Gasteiger partial charge < -0.3 is 20.0 Å². The number of aromatic nitrogens is 3. The summed E-state index contributed by atoms with van der Waals surface area (Å²) < 4.78 is 26.8. The van der Waals surface area contributed by atoms with Crippen molar-refractivity contribution in [2.45, 2.75) is 0 Å². The second-order valence-corrected chi connectivity index (χ2v) is 10.9. The van der Waals surface area contributed by atoms with E-state index in [9.17, 15) is 18.0 Å². The van der Waals surface area contributed by atoms with Crippen LogP contribution in [0, 0.1) is 0 Å². The number of hydrogen-bond donors (Lipinski definition) is 2. The van der Waals surface area contributed by atoms with Gasteiger partial charge in [0, 0.05) is 57.2 Å². The smallest absolute Gasteiger partial charge is 0.319 e. The first kappa shape index (κ1) is 26.2. The Labute approximate surface area is 219 Å². The van der Waals surface area contributed by atoms with Crippen molar-refractivity contribution in [1.29, 1.82) is 0 Å². The SMILES string of the molecule is CN(C)C(=O)N1CCN(c2ccc(-n3cc(C(=O)Nc4cc(Cl)cc(NS(C)(=O)=O)c4)cn3)nc2)CC1. The van der Waals surface area contributed by atoms with Gasteiger partial charge in [-0.15, -0.1) is 0 Å². The third-order valence-electron chi connectivity index (χ3n) is 5.57. The Morgan fingerprint density at radius 1 is 1.03 bits per heavy atom. The van der Waals surface area contributed by atoms with E-state index in [1.165, 1.54) is 29.1 Å². The summed E-state index contributed by atoms with van der Waals surface area (Å²) in [6.07, 6.45) is 5.72. The van der Waals surface area contributed by atoms with E-state index in [0.29, 0.717) is 37.7 Å². The Balaban J connectivity index is 1.39. The largest absolute Gasteiger partial charge is 0.367 e. The third kappa shape index (κ3) is 6.68. The van der Waals surface area contributed by atoms with Crippen LogP contribution in [0.5, 0.6) is 0 Å². The number of piperazine rings is 1. The average molecular weight is 547 g/mol. The van der Waals surface area contributed by atoms with E-state index in [1.807, 2.05) is 17.0 Å². The Morgan fingerprint density at radius 2 is 1.73 bits per heavy atom. The normalized spacial score (nSPS) is 13.8. The molecule has 3 aromatic rings. The van der Waals surface area contributed by atoms with Crippen LogP contribution in [0.15, 0.2) is 48.9 Å². The highest BCUT2D eigenvalue weighted by Gasteiger charge is 2.22. The van der Waals surface area contributed by atoms with Crippen LogP contribution in [0.4, 0.5) is 21.9 Å². The van der Waals surface area contributed by atoms with Crippen molar-refractivity contribution in [3.8, 4) is 5.82 Å². The van der Waals surface area contributed by atoms with Crippen molar-refractivity contribution in [1.82, 2.24) is 24.6 Å². The first-order valence-corrected chi connectivity index (χ1v) is 13.6. The Morgan fingerprint density at radius 3 is 2.35 bits per heavy atom. The molecule has 1 aliphatic rings. The fourth-order valence-corrected chi connectivity index (χ4v) is 4.62. The Kier molecular flexibility index (Phi) is 7.55. The van der Waals surface area contributed by atoms with E-state index in [0.717, 1.165) is 11.9 Å². The van der Waals surface area contributed by atoms with E-state index in [4.69, 9.17) is 11.6 Å². The average Bonchev–Trinajstić information content (AvgIpc) is 3.33. The number of sulfonamides is 1. The monoisotopic (exact) mass is 546 g/mol. The summed E-state index contributed by atoms with van der Waals surface area (Å²) in [6.45, 7) is 2.68. The molecular formula is C23H27ClN8O4S. The fourth-order valence-electron chi connectivity index (χ4n) is 3.84. The molecule has 0 spiro atoms. The molecule has 1 aromatic carbocycles. The number of amides is 3. The van der Waals surface area contributed by atoms with E-state index in [2.05, 4.69) is 25.0 Å². The van der Waals surface area contributed by atoms with E-state index in [-0.39, 0.29) is 22.3 Å². The van der Waals surface area contributed by atoms with Crippen LogP contribution in [-0.2, 0) is 10.0 Å². The minimum Gasteiger partial charge on any atom is -0.367 e. The van der Waals surface area contributed by atoms with Gasteiger partial charge in [-0.2, -0.15) is 5.10 Å². The van der Waals surface area contributed by atoms with Gasteiger partial charge in [0.05, 0.1) is 35.6 Å². The minimum atomic E-state index is -3.50. The summed E-state index contributed by atoms with van der Waals surface area (Å²) in [5.41, 5.74) is 1.78. The lowest BCUT2D eigenvalue weighted by Crippen LogP contribution is -2.51. The molecule has 1 saturated heterocycles. The van der Waals surface area contributed by atoms with Gasteiger partial charge in [-0.1, -0.05) is 11.6 Å². The van der Waals surface area contributed by atoms with Crippen molar-refractivity contribution in [2.75, 3.05) is 61.5 Å². The molecule has 3 heterocycles. The predicted molar refractivity (Wildman–Crippen MR) is 142 cm³/mol. The predicted octanol–water partition coefficient (Wildman–Crippen LogP) is 2.35. The van der Waals surface area contributed by atoms with Gasteiger partial charge in [-0.05, 0) is 30.3 Å². The molecule has 2 aromatic heterocycles. The van der Waals surface area contributed by atoms with Gasteiger partial charge in [-0.3, -0.25) is 9.52 Å². The van der Waals surface area contributed by atoms with Gasteiger partial charge in [0.15, 0.2) is 5.82 Å². The molecular weight excluding hydrogens is 520 g/mol. The molecule has 0 aliphatic carbocycles. The summed E-state index contributed by atoms with van der Waals surface area (Å²) in [5, 5.41) is 7.18. The number of anilines is 3. The summed E-state index contributed by atoms with van der Waals surface area (Å²) in [6, 6.07) is 8.15. The second kappa shape index (κ2) is 10.6. The molecule has 1 fully saturated rings. The maximum atomic E-state index is 12.7. The third-order valence-corrected chi connectivity index (χ3v) is 6.39. The van der Waals surface area contributed by atoms with Crippen LogP contribution in [0.2, 0.25) is 5.02 Å². The number of rotatable bonds is 6. The van der Waals surface area contributed by atoms with Gasteiger partial charge in [0.25, 0.3) is 5.91 Å². The highest BCUT2D eigenvalue weighted by atomic mass is 35.5. The van der Waals surface area contributed by atoms with Crippen molar-refractivity contribution in [3.63, 3.8) is 0 Å². The summed E-state index contributed by atoms with van der Waals surface area (Å²) in [5.74, 6) is 0.0900. The molecule has 196 valence electrons. The molecule has 12 nitrogen and oxygen atoms in total. The van der Waals surface area contributed by atoms with E-state index in [1.54, 1.807) is 31.4 Å². The topological polar surface area (TPSA) is 133 Å². The number of halogens is 1. The van der Waals surface area contributed by atoms with Crippen LogP contribution in [-0.4, -0.2) is 91.5 Å². The maximum Gasteiger partial charge on any atom is 0.319 e. The zero-order chi connectivity index (χ0) is 26.7. The molecule has 4 rings (SSSR count). The fraction of sp³-hybridized carbons (Fsp3) is 0.304. The maximum absolute atomic E-state index is 12.7. The first-order valence-electron chi connectivity index (χ1n) is 11.3. The highest BCUT2D eigenvalue weighted by molar-refractivity contribution is 7.92. The van der Waals surface area contributed by atoms with Crippen LogP contribution in [0.1, 0.15) is 10.4 Å². The summed E-state index contributed by atoms with van der Waals surface area (Å²) in [7, 11) is -0.0116. The number of pyridine rings is 1. The molecule has 37 heavy (non-hydrogen) atoms. The van der Waals surface area contributed by atoms with Crippen molar-refractivity contribution in [2.24, 2.45) is 0 Å². The number of nitrogens with one attached hydrogen (secondary N) is 2. The quantitative estimate of drug-likeness (QED) is 0.485. The van der Waals surface area contributed by atoms with Crippen molar-refractivity contribution >= 4 is 50.6 Å². The summed E-state index contributed by atoms with van der Waals surface area (Å²) in [4.78, 5) is 34.9. The molecule has 0 atom stereocenters. The Bertz CT molecular complexity index is 1400. The highest BCUT2D eigenvalue weighted by Crippen LogP contribution is 2.24. The van der Waals surface area contributed by atoms with Crippen LogP contribution in [0.25, 0.3) is 5.82 Å². The number of urea groups is 1. The molecule has 0 radical (unpaired) electrons. The molecule has 0 unspecified atom stereocenters. The number of hydrogen-bond acceptors (Lipinski definition) is 7. The van der Waals surface area contributed by atoms with Gasteiger partial charge in [0.2, 0.25) is 10.0 Å². The van der Waals surface area contributed by atoms with Crippen LogP contribution >= 0.6 is 11.6 Å². The molecule has 0 bridgehead atoms. The van der Waals surface area contributed by atoms with Crippen LogP contribution in [0.3, 0.4) is 0 Å². The lowest BCUT2D eigenvalue weighted by molar-refractivity contribution is 0.102. The number of carbonyl (C=O) groups is 2. The zero-order valence-corrected chi connectivity index (χ0v) is 22.1. The second-order valence-electron chi connectivity index (χ2n) is 8.76. The molecule has 14 heteroatoms. The number of carbonyl (C=O) groups excluding carboxylic acids is 2. The zero-order valence-electron chi connectivity index (χ0n) is 20.5. The number of nitrogens with zero attached hydrogens (tertiary/aromatic N) is 6. The van der Waals surface area contributed by atoms with E-state index < -0.39 is 15.9 Å². The molecule has 3 amide bonds. The van der Waals surface area contributed by atoms with Gasteiger partial charge in [-0.25, -0.2) is 22.9 Å².